The average Bonchev–Trinajstić information content (AvgIpc) is 2.79. The molecular formula is C14H26N2O3S. The predicted molar refractivity (Wildman–Crippen MR) is 81.4 cm³/mol. The van der Waals surface area contributed by atoms with Crippen LogP contribution in [0.3, 0.4) is 0 Å². The van der Waals surface area contributed by atoms with Gasteiger partial charge in [-0.05, 0) is 18.3 Å². The van der Waals surface area contributed by atoms with E-state index in [2.05, 4.69) is 0 Å². The Bertz CT molecular complexity index is 360. The number of nitrogens with zero attached hydrogens (tertiary/aromatic N) is 1. The van der Waals surface area contributed by atoms with Crippen molar-refractivity contribution in [3.05, 3.63) is 0 Å². The zero-order chi connectivity index (χ0) is 15.4. The molecule has 0 radical (unpaired) electrons. The van der Waals surface area contributed by atoms with Crippen LogP contribution in [0.5, 0.6) is 0 Å². The van der Waals surface area contributed by atoms with Crippen molar-refractivity contribution in [2.24, 2.45) is 23.5 Å². The van der Waals surface area contributed by atoms with Crippen molar-refractivity contribution in [2.75, 3.05) is 12.3 Å². The monoisotopic (exact) mass is 302 g/mol. The van der Waals surface area contributed by atoms with Gasteiger partial charge in [-0.3, -0.25) is 4.79 Å². The van der Waals surface area contributed by atoms with Gasteiger partial charge in [0, 0.05) is 12.3 Å². The van der Waals surface area contributed by atoms with Gasteiger partial charge < -0.3 is 15.7 Å². The van der Waals surface area contributed by atoms with Crippen LogP contribution in [0, 0.1) is 17.8 Å². The van der Waals surface area contributed by atoms with Gasteiger partial charge in [-0.15, -0.1) is 11.8 Å². The van der Waals surface area contributed by atoms with Gasteiger partial charge >= 0.3 is 5.97 Å². The highest BCUT2D eigenvalue weighted by atomic mass is 32.2. The molecule has 1 aliphatic rings. The maximum atomic E-state index is 12.7. The highest BCUT2D eigenvalue weighted by Crippen LogP contribution is 2.35. The van der Waals surface area contributed by atoms with E-state index in [1.807, 2.05) is 27.7 Å². The molecule has 0 saturated carbocycles. The largest absolute Gasteiger partial charge is 0.480 e. The number of hydrogen-bond donors (Lipinski definition) is 2. The third kappa shape index (κ3) is 3.88. The lowest BCUT2D eigenvalue weighted by molar-refractivity contribution is -0.151. The Labute approximate surface area is 125 Å². The van der Waals surface area contributed by atoms with E-state index in [-0.39, 0.29) is 29.7 Å². The molecule has 6 heteroatoms. The molecule has 3 atom stereocenters. The van der Waals surface area contributed by atoms with Crippen molar-refractivity contribution in [1.82, 2.24) is 4.90 Å². The molecule has 5 nitrogen and oxygen atoms in total. The minimum absolute atomic E-state index is 0.0650. The lowest BCUT2D eigenvalue weighted by atomic mass is 9.95. The van der Waals surface area contributed by atoms with E-state index in [1.165, 1.54) is 0 Å². The number of carbonyl (C=O) groups is 2. The zero-order valence-corrected chi connectivity index (χ0v) is 13.5. The smallest absolute Gasteiger partial charge is 0.327 e. The maximum Gasteiger partial charge on any atom is 0.327 e. The van der Waals surface area contributed by atoms with Crippen molar-refractivity contribution >= 4 is 23.6 Å². The summed E-state index contributed by atoms with van der Waals surface area (Å²) in [6.07, 6.45) is 0.702. The van der Waals surface area contributed by atoms with Crippen LogP contribution in [0.25, 0.3) is 0 Å². The summed E-state index contributed by atoms with van der Waals surface area (Å²) in [5.74, 6) is -0.249. The number of carboxylic acids is 1. The average molecular weight is 302 g/mol. The fourth-order valence-corrected chi connectivity index (χ4v) is 4.07. The lowest BCUT2D eigenvalue weighted by Gasteiger charge is -2.33. The SMILES string of the molecule is CC(C)CC(CN)C(=O)N1C(C(=O)O)CSC1C(C)C. The van der Waals surface area contributed by atoms with E-state index < -0.39 is 12.0 Å². The number of nitrogens with two attached hydrogens (primary N) is 1. The van der Waals surface area contributed by atoms with Crippen molar-refractivity contribution in [2.45, 2.75) is 45.5 Å². The Hall–Kier alpha value is -0.750. The van der Waals surface area contributed by atoms with E-state index in [0.29, 0.717) is 18.1 Å². The summed E-state index contributed by atoms with van der Waals surface area (Å²) in [5, 5.41) is 9.27. The minimum atomic E-state index is -0.922. The van der Waals surface area contributed by atoms with Gasteiger partial charge in [0.25, 0.3) is 0 Å². The quantitative estimate of drug-likeness (QED) is 0.779. The predicted octanol–water partition coefficient (Wildman–Crippen LogP) is 1.62. The molecule has 0 spiro atoms. The molecule has 3 N–H and O–H groups in total. The normalized spacial score (nSPS) is 24.4. The lowest BCUT2D eigenvalue weighted by Crippen LogP contribution is -2.50. The van der Waals surface area contributed by atoms with Crippen molar-refractivity contribution in [1.29, 1.82) is 0 Å². The molecule has 1 amide bonds. The van der Waals surface area contributed by atoms with Gasteiger partial charge in [0.15, 0.2) is 0 Å². The highest BCUT2D eigenvalue weighted by molar-refractivity contribution is 8.00. The summed E-state index contributed by atoms with van der Waals surface area (Å²) in [6.45, 7) is 8.39. The molecule has 20 heavy (non-hydrogen) atoms. The first-order chi connectivity index (χ1) is 9.29. The Kier molecular flexibility index (Phi) is 6.33. The number of aliphatic carboxylic acids is 1. The third-order valence-corrected chi connectivity index (χ3v) is 5.16. The first-order valence-electron chi connectivity index (χ1n) is 7.16. The van der Waals surface area contributed by atoms with Crippen LogP contribution in [0.15, 0.2) is 0 Å². The molecule has 0 aromatic heterocycles. The Morgan fingerprint density at radius 2 is 1.95 bits per heavy atom. The van der Waals surface area contributed by atoms with E-state index >= 15 is 0 Å². The molecule has 1 rings (SSSR count). The summed E-state index contributed by atoms with van der Waals surface area (Å²) < 4.78 is 0. The van der Waals surface area contributed by atoms with Crippen LogP contribution in [0.2, 0.25) is 0 Å². The summed E-state index contributed by atoms with van der Waals surface area (Å²) >= 11 is 1.55. The number of carboxylic acid groups (broad SMARTS) is 1. The number of thioether (sulfide) groups is 1. The van der Waals surface area contributed by atoms with Gasteiger partial charge in [0.1, 0.15) is 6.04 Å². The van der Waals surface area contributed by atoms with Crippen molar-refractivity contribution < 1.29 is 14.7 Å². The van der Waals surface area contributed by atoms with Gasteiger partial charge in [0.05, 0.1) is 11.3 Å². The molecule has 1 fully saturated rings. The second-order valence-electron chi connectivity index (χ2n) is 6.13. The van der Waals surface area contributed by atoms with Crippen molar-refractivity contribution in [3.63, 3.8) is 0 Å². The second-order valence-corrected chi connectivity index (χ2v) is 7.28. The Balaban J connectivity index is 2.95. The Morgan fingerprint density at radius 1 is 1.35 bits per heavy atom. The molecule has 0 aromatic rings. The topological polar surface area (TPSA) is 83.6 Å². The van der Waals surface area contributed by atoms with Crippen LogP contribution < -0.4 is 5.73 Å². The van der Waals surface area contributed by atoms with Crippen LogP contribution in [-0.4, -0.2) is 45.6 Å². The fourth-order valence-electron chi connectivity index (χ4n) is 2.59. The van der Waals surface area contributed by atoms with Crippen LogP contribution >= 0.6 is 11.8 Å². The summed E-state index contributed by atoms with van der Waals surface area (Å²) in [6, 6.07) is -0.721. The van der Waals surface area contributed by atoms with E-state index in [1.54, 1.807) is 16.7 Å². The molecule has 1 heterocycles. The van der Waals surface area contributed by atoms with E-state index in [9.17, 15) is 14.7 Å². The summed E-state index contributed by atoms with van der Waals surface area (Å²) in [7, 11) is 0. The molecular weight excluding hydrogens is 276 g/mol. The molecule has 0 aliphatic carbocycles. The summed E-state index contributed by atoms with van der Waals surface area (Å²) in [5.41, 5.74) is 5.73. The van der Waals surface area contributed by atoms with Crippen molar-refractivity contribution in [3.8, 4) is 0 Å². The Morgan fingerprint density at radius 3 is 2.35 bits per heavy atom. The zero-order valence-electron chi connectivity index (χ0n) is 12.7. The second kappa shape index (κ2) is 7.31. The molecule has 0 bridgehead atoms. The first-order valence-corrected chi connectivity index (χ1v) is 8.21. The number of rotatable bonds is 6. The number of amides is 1. The highest BCUT2D eigenvalue weighted by Gasteiger charge is 2.44. The maximum absolute atomic E-state index is 12.7. The fraction of sp³-hybridized carbons (Fsp3) is 0.857. The molecule has 116 valence electrons. The summed E-state index contributed by atoms with van der Waals surface area (Å²) in [4.78, 5) is 25.7. The molecule has 1 saturated heterocycles. The van der Waals surface area contributed by atoms with Crippen LogP contribution in [-0.2, 0) is 9.59 Å². The minimum Gasteiger partial charge on any atom is -0.480 e. The standard InChI is InChI=1S/C14H26N2O3S/c1-8(2)5-10(6-15)12(17)16-11(14(18)19)7-20-13(16)9(3)4/h8-11,13H,5-7,15H2,1-4H3,(H,18,19). The number of carbonyl (C=O) groups excluding carboxylic acids is 1. The first kappa shape index (κ1) is 17.3. The van der Waals surface area contributed by atoms with Gasteiger partial charge in [-0.1, -0.05) is 27.7 Å². The van der Waals surface area contributed by atoms with Gasteiger partial charge in [-0.25, -0.2) is 4.79 Å². The molecule has 0 aromatic carbocycles. The molecule has 3 unspecified atom stereocenters. The van der Waals surface area contributed by atoms with Crippen LogP contribution in [0.1, 0.15) is 34.1 Å². The van der Waals surface area contributed by atoms with Gasteiger partial charge in [-0.2, -0.15) is 0 Å². The van der Waals surface area contributed by atoms with E-state index in [0.717, 1.165) is 0 Å². The molecule has 1 aliphatic heterocycles. The van der Waals surface area contributed by atoms with Crippen LogP contribution in [0.4, 0.5) is 0 Å². The number of hydrogen-bond acceptors (Lipinski definition) is 4. The van der Waals surface area contributed by atoms with E-state index in [4.69, 9.17) is 5.73 Å². The van der Waals surface area contributed by atoms with Gasteiger partial charge in [0.2, 0.25) is 5.91 Å². The third-order valence-electron chi connectivity index (χ3n) is 3.53.